The number of β-amino-alcohol motifs (C(OH)–C–C–N with tert-alkyl or cyclic N) is 1. The number of carbonyl (C=O) groups excluding carboxylic acids is 1. The van der Waals surface area contributed by atoms with Gasteiger partial charge in [0.1, 0.15) is 17.4 Å². The number of hydrogen-bond acceptors (Lipinski definition) is 5. The van der Waals surface area contributed by atoms with Crippen LogP contribution in [0.3, 0.4) is 0 Å². The average molecular weight is 454 g/mol. The molecule has 0 radical (unpaired) electrons. The van der Waals surface area contributed by atoms with E-state index in [4.69, 9.17) is 22.1 Å². The zero-order chi connectivity index (χ0) is 22.5. The molecule has 1 unspecified atom stereocenters. The van der Waals surface area contributed by atoms with Gasteiger partial charge in [0.2, 0.25) is 0 Å². The molecule has 1 aliphatic rings. The van der Waals surface area contributed by atoms with Gasteiger partial charge in [0.05, 0.1) is 29.5 Å². The van der Waals surface area contributed by atoms with Crippen molar-refractivity contribution in [2.75, 3.05) is 39.0 Å². The van der Waals surface area contributed by atoms with E-state index in [0.29, 0.717) is 36.6 Å². The van der Waals surface area contributed by atoms with Gasteiger partial charge in [-0.2, -0.15) is 0 Å². The number of ether oxygens (including phenoxy) is 1. The Kier molecular flexibility index (Phi) is 7.69. The molecule has 4 N–H and O–H groups in total. The molecule has 1 atom stereocenters. The first kappa shape index (κ1) is 23.2. The summed E-state index contributed by atoms with van der Waals surface area (Å²) in [5.74, 6) is -1.08. The summed E-state index contributed by atoms with van der Waals surface area (Å²) >= 11 is 6.03. The molecule has 1 aliphatic heterocycles. The second-order valence-electron chi connectivity index (χ2n) is 7.71. The number of benzene rings is 2. The van der Waals surface area contributed by atoms with E-state index in [1.54, 1.807) is 0 Å². The summed E-state index contributed by atoms with van der Waals surface area (Å²) < 4.78 is 32.1. The number of nitrogens with two attached hydrogens (primary N) is 1. The molecule has 1 saturated heterocycles. The Hall–Kier alpha value is -2.42. The molecule has 2 aromatic rings. The zero-order valence-corrected chi connectivity index (χ0v) is 18.0. The number of piperidine rings is 1. The van der Waals surface area contributed by atoms with Crippen LogP contribution in [0.2, 0.25) is 5.02 Å². The van der Waals surface area contributed by atoms with Gasteiger partial charge in [-0.1, -0.05) is 17.7 Å². The number of nitrogens with zero attached hydrogens (tertiary/aromatic N) is 1. The Labute approximate surface area is 184 Å². The van der Waals surface area contributed by atoms with E-state index in [1.807, 2.05) is 4.90 Å². The first-order valence-electron chi connectivity index (χ1n) is 10.0. The highest BCUT2D eigenvalue weighted by Crippen LogP contribution is 2.29. The summed E-state index contributed by atoms with van der Waals surface area (Å²) in [7, 11) is 1.46. The number of nitrogen functional groups attached to an aromatic ring is 1. The second-order valence-corrected chi connectivity index (χ2v) is 8.12. The zero-order valence-electron chi connectivity index (χ0n) is 17.2. The fourth-order valence-corrected chi connectivity index (χ4v) is 3.90. The summed E-state index contributed by atoms with van der Waals surface area (Å²) in [5, 5.41) is 13.5. The van der Waals surface area contributed by atoms with Gasteiger partial charge in [-0.05, 0) is 44.0 Å². The fourth-order valence-electron chi connectivity index (χ4n) is 3.74. The lowest BCUT2D eigenvalue weighted by Crippen LogP contribution is -2.40. The lowest BCUT2D eigenvalue weighted by atomic mass is 9.96. The molecule has 1 fully saturated rings. The third-order valence-electron chi connectivity index (χ3n) is 5.57. The molecular formula is C22H26ClF2N3O3. The number of nitrogens with one attached hydrogen (secondary N) is 1. The number of anilines is 1. The molecule has 0 saturated carbocycles. The molecular weight excluding hydrogens is 428 g/mol. The van der Waals surface area contributed by atoms with Crippen molar-refractivity contribution in [2.45, 2.75) is 18.9 Å². The lowest BCUT2D eigenvalue weighted by Gasteiger charge is -2.33. The SMILES string of the molecule is COc1cc(N)c(Cl)cc1C(=O)NCC1CCN(CC(O)c2ccc(F)cc2F)CC1. The Morgan fingerprint density at radius 2 is 2.03 bits per heavy atom. The average Bonchev–Trinajstić information content (AvgIpc) is 2.74. The number of rotatable bonds is 7. The smallest absolute Gasteiger partial charge is 0.255 e. The number of aliphatic hydroxyl groups excluding tert-OH is 1. The number of carbonyl (C=O) groups is 1. The maximum atomic E-state index is 13.9. The molecule has 0 spiro atoms. The topological polar surface area (TPSA) is 87.8 Å². The van der Waals surface area contributed by atoms with Crippen molar-refractivity contribution in [2.24, 2.45) is 5.92 Å². The molecule has 31 heavy (non-hydrogen) atoms. The second kappa shape index (κ2) is 10.3. The number of hydrogen-bond donors (Lipinski definition) is 3. The molecule has 1 heterocycles. The molecule has 3 rings (SSSR count). The van der Waals surface area contributed by atoms with E-state index in [0.717, 1.165) is 25.0 Å². The summed E-state index contributed by atoms with van der Waals surface area (Å²) in [6, 6.07) is 6.19. The molecule has 9 heteroatoms. The molecule has 0 aliphatic carbocycles. The van der Waals surface area contributed by atoms with Crippen molar-refractivity contribution in [3.05, 3.63) is 58.1 Å². The van der Waals surface area contributed by atoms with Gasteiger partial charge in [0, 0.05) is 30.8 Å². The van der Waals surface area contributed by atoms with Gasteiger partial charge in [-0.25, -0.2) is 8.78 Å². The van der Waals surface area contributed by atoms with Crippen LogP contribution in [0.15, 0.2) is 30.3 Å². The minimum absolute atomic E-state index is 0.0897. The standard InChI is InChI=1S/C22H26ClF2N3O3/c1-31-21-10-19(26)17(23)9-16(21)22(30)27-11-13-4-6-28(7-5-13)12-20(29)15-3-2-14(24)8-18(15)25/h2-3,8-10,13,20,29H,4-7,11-12,26H2,1H3,(H,27,30). The number of halogens is 3. The summed E-state index contributed by atoms with van der Waals surface area (Å²) in [6.45, 7) is 2.17. The molecule has 0 bridgehead atoms. The van der Waals surface area contributed by atoms with Crippen LogP contribution in [0.1, 0.15) is 34.9 Å². The van der Waals surface area contributed by atoms with Crippen LogP contribution in [0, 0.1) is 17.6 Å². The largest absolute Gasteiger partial charge is 0.496 e. The third-order valence-corrected chi connectivity index (χ3v) is 5.90. The van der Waals surface area contributed by atoms with Crippen LogP contribution >= 0.6 is 11.6 Å². The van der Waals surface area contributed by atoms with Crippen LogP contribution in [-0.4, -0.2) is 49.2 Å². The van der Waals surface area contributed by atoms with Crippen molar-refractivity contribution >= 4 is 23.2 Å². The van der Waals surface area contributed by atoms with Gasteiger partial charge in [-0.15, -0.1) is 0 Å². The quantitative estimate of drug-likeness (QED) is 0.559. The molecule has 168 valence electrons. The normalized spacial score (nSPS) is 16.2. The van der Waals surface area contributed by atoms with E-state index >= 15 is 0 Å². The van der Waals surface area contributed by atoms with E-state index in [-0.39, 0.29) is 29.0 Å². The summed E-state index contributed by atoms with van der Waals surface area (Å²) in [4.78, 5) is 14.6. The van der Waals surface area contributed by atoms with Crippen molar-refractivity contribution in [1.82, 2.24) is 10.2 Å². The van der Waals surface area contributed by atoms with Crippen LogP contribution < -0.4 is 15.8 Å². The highest BCUT2D eigenvalue weighted by Gasteiger charge is 2.24. The van der Waals surface area contributed by atoms with E-state index in [2.05, 4.69) is 5.32 Å². The Morgan fingerprint density at radius 1 is 1.32 bits per heavy atom. The van der Waals surface area contributed by atoms with Gasteiger partial charge in [0.15, 0.2) is 0 Å². The van der Waals surface area contributed by atoms with Crippen molar-refractivity contribution in [1.29, 1.82) is 0 Å². The number of methoxy groups -OCH3 is 1. The highest BCUT2D eigenvalue weighted by atomic mass is 35.5. The maximum Gasteiger partial charge on any atom is 0.255 e. The predicted octanol–water partition coefficient (Wildman–Crippen LogP) is 3.38. The fraction of sp³-hybridized carbons (Fsp3) is 0.409. The van der Waals surface area contributed by atoms with Crippen LogP contribution in [-0.2, 0) is 0 Å². The third kappa shape index (κ3) is 5.84. The van der Waals surface area contributed by atoms with E-state index in [9.17, 15) is 18.7 Å². The van der Waals surface area contributed by atoms with Crippen LogP contribution in [0.4, 0.5) is 14.5 Å². The molecule has 2 aromatic carbocycles. The highest BCUT2D eigenvalue weighted by molar-refractivity contribution is 6.33. The van der Waals surface area contributed by atoms with Crippen molar-refractivity contribution in [3.63, 3.8) is 0 Å². The minimum Gasteiger partial charge on any atom is -0.496 e. The lowest BCUT2D eigenvalue weighted by molar-refractivity contribution is 0.0836. The number of likely N-dealkylation sites (tertiary alicyclic amines) is 1. The predicted molar refractivity (Wildman–Crippen MR) is 115 cm³/mol. The van der Waals surface area contributed by atoms with Gasteiger partial charge < -0.3 is 25.8 Å². The van der Waals surface area contributed by atoms with Gasteiger partial charge in [0.25, 0.3) is 5.91 Å². The number of amides is 1. The van der Waals surface area contributed by atoms with Gasteiger partial charge in [-0.3, -0.25) is 4.79 Å². The number of aliphatic hydroxyl groups is 1. The Balaban J connectivity index is 1.48. The summed E-state index contributed by atoms with van der Waals surface area (Å²) in [5.41, 5.74) is 6.50. The Morgan fingerprint density at radius 3 is 2.68 bits per heavy atom. The maximum absolute atomic E-state index is 13.9. The monoisotopic (exact) mass is 453 g/mol. The van der Waals surface area contributed by atoms with Crippen molar-refractivity contribution < 1.29 is 23.4 Å². The van der Waals surface area contributed by atoms with Crippen LogP contribution in [0.5, 0.6) is 5.75 Å². The van der Waals surface area contributed by atoms with Gasteiger partial charge >= 0.3 is 0 Å². The first-order valence-corrected chi connectivity index (χ1v) is 10.4. The molecule has 6 nitrogen and oxygen atoms in total. The van der Waals surface area contributed by atoms with Crippen LogP contribution in [0.25, 0.3) is 0 Å². The minimum atomic E-state index is -1.03. The van der Waals surface area contributed by atoms with E-state index in [1.165, 1.54) is 25.3 Å². The van der Waals surface area contributed by atoms with E-state index < -0.39 is 17.7 Å². The van der Waals surface area contributed by atoms with Crippen molar-refractivity contribution in [3.8, 4) is 5.75 Å². The first-order chi connectivity index (χ1) is 14.8. The molecule has 0 aromatic heterocycles. The summed E-state index contributed by atoms with van der Waals surface area (Å²) in [6.07, 6.45) is 0.608. The Bertz CT molecular complexity index is 936. The molecule has 1 amide bonds.